The van der Waals surface area contributed by atoms with Gasteiger partial charge in [-0.1, -0.05) is 35.9 Å². The summed E-state index contributed by atoms with van der Waals surface area (Å²) < 4.78 is 0. The molecule has 96 valence electrons. The molecule has 0 radical (unpaired) electrons. The smallest absolute Gasteiger partial charge is 0.337 e. The van der Waals surface area contributed by atoms with Crippen LogP contribution in [0.4, 0.5) is 5.69 Å². The van der Waals surface area contributed by atoms with E-state index < -0.39 is 5.97 Å². The van der Waals surface area contributed by atoms with Gasteiger partial charge in [0, 0.05) is 5.02 Å². The number of hydrogen-bond acceptors (Lipinski definition) is 3. The second kappa shape index (κ2) is 6.02. The van der Waals surface area contributed by atoms with Gasteiger partial charge in [-0.05, 0) is 29.8 Å². The van der Waals surface area contributed by atoms with Gasteiger partial charge in [-0.2, -0.15) is 5.10 Å². The van der Waals surface area contributed by atoms with Crippen LogP contribution in [-0.4, -0.2) is 17.3 Å². The van der Waals surface area contributed by atoms with E-state index in [9.17, 15) is 4.79 Å². The quantitative estimate of drug-likeness (QED) is 0.663. The summed E-state index contributed by atoms with van der Waals surface area (Å²) in [7, 11) is 0. The highest BCUT2D eigenvalue weighted by atomic mass is 35.5. The van der Waals surface area contributed by atoms with Gasteiger partial charge in [0.1, 0.15) is 0 Å². The van der Waals surface area contributed by atoms with Crippen molar-refractivity contribution in [3.05, 3.63) is 64.7 Å². The fourth-order valence-electron chi connectivity index (χ4n) is 1.49. The van der Waals surface area contributed by atoms with Crippen LogP contribution in [0.3, 0.4) is 0 Å². The van der Waals surface area contributed by atoms with Crippen molar-refractivity contribution in [3.63, 3.8) is 0 Å². The topological polar surface area (TPSA) is 61.7 Å². The Morgan fingerprint density at radius 2 is 1.84 bits per heavy atom. The molecule has 0 aromatic heterocycles. The molecule has 19 heavy (non-hydrogen) atoms. The molecule has 0 unspecified atom stereocenters. The fraction of sp³-hybridized carbons (Fsp3) is 0. The number of carboxylic acids is 1. The molecule has 0 bridgehead atoms. The lowest BCUT2D eigenvalue weighted by atomic mass is 10.2. The maximum Gasteiger partial charge on any atom is 0.337 e. The zero-order valence-electron chi connectivity index (χ0n) is 9.88. The molecule has 2 aromatic carbocycles. The van der Waals surface area contributed by atoms with Crippen LogP contribution in [0.15, 0.2) is 53.6 Å². The van der Waals surface area contributed by atoms with E-state index in [-0.39, 0.29) is 5.56 Å². The molecule has 0 aliphatic heterocycles. The van der Waals surface area contributed by atoms with E-state index in [1.54, 1.807) is 36.5 Å². The fourth-order valence-corrected chi connectivity index (χ4v) is 1.62. The lowest BCUT2D eigenvalue weighted by Gasteiger charge is -2.04. The molecule has 0 amide bonds. The Morgan fingerprint density at radius 3 is 2.53 bits per heavy atom. The monoisotopic (exact) mass is 274 g/mol. The minimum atomic E-state index is -0.996. The average molecular weight is 275 g/mol. The van der Waals surface area contributed by atoms with Crippen LogP contribution in [0, 0.1) is 0 Å². The van der Waals surface area contributed by atoms with Crippen LogP contribution in [0.2, 0.25) is 5.02 Å². The molecular formula is C14H11ClN2O2. The second-order valence-electron chi connectivity index (χ2n) is 3.77. The Morgan fingerprint density at radius 1 is 1.16 bits per heavy atom. The van der Waals surface area contributed by atoms with Crippen LogP contribution in [0.25, 0.3) is 0 Å². The third kappa shape index (κ3) is 3.56. The number of nitrogens with zero attached hydrogens (tertiary/aromatic N) is 1. The van der Waals surface area contributed by atoms with Crippen LogP contribution < -0.4 is 5.43 Å². The van der Waals surface area contributed by atoms with Crippen molar-refractivity contribution in [2.75, 3.05) is 5.43 Å². The molecule has 0 saturated heterocycles. The van der Waals surface area contributed by atoms with Gasteiger partial charge in [-0.25, -0.2) is 4.79 Å². The van der Waals surface area contributed by atoms with E-state index in [1.165, 1.54) is 6.07 Å². The third-order valence-electron chi connectivity index (χ3n) is 2.43. The standard InChI is InChI=1S/C14H11ClN2O2/c15-11-7-5-10(6-8-11)9-16-17-13-4-2-1-3-12(13)14(18)19/h1-9,17H,(H,18,19)/b16-9+. The van der Waals surface area contributed by atoms with Gasteiger partial charge in [0.25, 0.3) is 0 Å². The Balaban J connectivity index is 2.10. The molecule has 5 heteroatoms. The first-order valence-corrected chi connectivity index (χ1v) is 5.91. The number of rotatable bonds is 4. The van der Waals surface area contributed by atoms with Crippen molar-refractivity contribution in [2.24, 2.45) is 5.10 Å². The number of anilines is 1. The van der Waals surface area contributed by atoms with Crippen molar-refractivity contribution >= 4 is 29.5 Å². The van der Waals surface area contributed by atoms with Crippen molar-refractivity contribution in [2.45, 2.75) is 0 Å². The highest BCUT2D eigenvalue weighted by Gasteiger charge is 2.07. The number of nitrogens with one attached hydrogen (secondary N) is 1. The summed E-state index contributed by atoms with van der Waals surface area (Å²) in [5.41, 5.74) is 4.20. The van der Waals surface area contributed by atoms with Gasteiger partial charge < -0.3 is 5.11 Å². The highest BCUT2D eigenvalue weighted by molar-refractivity contribution is 6.30. The minimum absolute atomic E-state index is 0.177. The van der Waals surface area contributed by atoms with Gasteiger partial charge in [-0.15, -0.1) is 0 Å². The van der Waals surface area contributed by atoms with Crippen LogP contribution in [-0.2, 0) is 0 Å². The number of aromatic carboxylic acids is 1. The Kier molecular flexibility index (Phi) is 4.15. The van der Waals surface area contributed by atoms with Crippen molar-refractivity contribution < 1.29 is 9.90 Å². The predicted octanol–water partition coefficient (Wildman–Crippen LogP) is 3.48. The Hall–Kier alpha value is -2.33. The van der Waals surface area contributed by atoms with Gasteiger partial charge in [0.15, 0.2) is 0 Å². The lowest BCUT2D eigenvalue weighted by molar-refractivity contribution is 0.0698. The first-order valence-electron chi connectivity index (χ1n) is 5.54. The molecule has 0 spiro atoms. The number of hydrazone groups is 1. The molecule has 0 fully saturated rings. The van der Waals surface area contributed by atoms with E-state index in [0.717, 1.165) is 5.56 Å². The normalized spacial score (nSPS) is 10.6. The summed E-state index contributed by atoms with van der Waals surface area (Å²) in [5.74, 6) is -0.996. The number of halogens is 1. The Bertz CT molecular complexity index is 609. The summed E-state index contributed by atoms with van der Waals surface area (Å²) in [6.07, 6.45) is 1.59. The molecule has 2 N–H and O–H groups in total. The molecule has 4 nitrogen and oxygen atoms in total. The van der Waals surface area contributed by atoms with Crippen LogP contribution >= 0.6 is 11.6 Å². The summed E-state index contributed by atoms with van der Waals surface area (Å²) in [5, 5.41) is 13.7. The molecule has 0 heterocycles. The maximum atomic E-state index is 11.0. The maximum absolute atomic E-state index is 11.0. The van der Waals surface area contributed by atoms with Gasteiger partial charge in [0.2, 0.25) is 0 Å². The average Bonchev–Trinajstić information content (AvgIpc) is 2.41. The van der Waals surface area contributed by atoms with Crippen molar-refractivity contribution in [1.82, 2.24) is 0 Å². The lowest BCUT2D eigenvalue weighted by Crippen LogP contribution is -2.02. The first-order chi connectivity index (χ1) is 9.16. The number of carboxylic acid groups (broad SMARTS) is 1. The van der Waals surface area contributed by atoms with E-state index in [1.807, 2.05) is 12.1 Å². The zero-order valence-corrected chi connectivity index (χ0v) is 10.6. The van der Waals surface area contributed by atoms with Crippen LogP contribution in [0.5, 0.6) is 0 Å². The SMILES string of the molecule is O=C(O)c1ccccc1N/N=C/c1ccc(Cl)cc1. The summed E-state index contributed by atoms with van der Waals surface area (Å²) in [4.78, 5) is 11.0. The first kappa shape index (κ1) is 13.1. The van der Waals surface area contributed by atoms with Crippen molar-refractivity contribution in [3.8, 4) is 0 Å². The molecule has 0 saturated carbocycles. The number of carbonyl (C=O) groups is 1. The van der Waals surface area contributed by atoms with Gasteiger partial charge in [-0.3, -0.25) is 5.43 Å². The predicted molar refractivity (Wildman–Crippen MR) is 76.1 cm³/mol. The van der Waals surface area contributed by atoms with Gasteiger partial charge in [0.05, 0.1) is 17.5 Å². The Labute approximate surface area is 115 Å². The van der Waals surface area contributed by atoms with E-state index in [4.69, 9.17) is 16.7 Å². The van der Waals surface area contributed by atoms with Gasteiger partial charge >= 0.3 is 5.97 Å². The second-order valence-corrected chi connectivity index (χ2v) is 4.21. The molecule has 0 aliphatic rings. The summed E-state index contributed by atoms with van der Waals surface area (Å²) in [6.45, 7) is 0. The number of benzene rings is 2. The van der Waals surface area contributed by atoms with E-state index in [2.05, 4.69) is 10.5 Å². The minimum Gasteiger partial charge on any atom is -0.478 e. The summed E-state index contributed by atoms with van der Waals surface area (Å²) in [6, 6.07) is 13.7. The number of para-hydroxylation sites is 1. The molecular weight excluding hydrogens is 264 g/mol. The largest absolute Gasteiger partial charge is 0.478 e. The number of hydrogen-bond donors (Lipinski definition) is 2. The summed E-state index contributed by atoms with van der Waals surface area (Å²) >= 11 is 5.77. The molecule has 2 rings (SSSR count). The van der Waals surface area contributed by atoms with E-state index >= 15 is 0 Å². The highest BCUT2D eigenvalue weighted by Crippen LogP contribution is 2.14. The molecule has 0 atom stereocenters. The molecule has 2 aromatic rings. The van der Waals surface area contributed by atoms with E-state index in [0.29, 0.717) is 10.7 Å². The zero-order chi connectivity index (χ0) is 13.7. The third-order valence-corrected chi connectivity index (χ3v) is 2.68. The van der Waals surface area contributed by atoms with Crippen LogP contribution in [0.1, 0.15) is 15.9 Å². The van der Waals surface area contributed by atoms with Crippen molar-refractivity contribution in [1.29, 1.82) is 0 Å². The molecule has 0 aliphatic carbocycles.